The highest BCUT2D eigenvalue weighted by molar-refractivity contribution is 6.30. The largest absolute Gasteiger partial charge is 0.496 e. The molecule has 5 nitrogen and oxygen atoms in total. The molecule has 1 fully saturated rings. The van der Waals surface area contributed by atoms with Crippen LogP contribution in [0.1, 0.15) is 30.0 Å². The first-order chi connectivity index (χ1) is 11.7. The first-order valence-corrected chi connectivity index (χ1v) is 8.61. The van der Waals surface area contributed by atoms with Gasteiger partial charge < -0.3 is 15.0 Å². The molecule has 1 aromatic heterocycles. The molecular formula is C18H23ClN4O. The summed E-state index contributed by atoms with van der Waals surface area (Å²) < 4.78 is 5.43. The van der Waals surface area contributed by atoms with Gasteiger partial charge in [0.05, 0.1) is 12.8 Å². The van der Waals surface area contributed by atoms with Crippen LogP contribution in [0.2, 0.25) is 5.02 Å². The lowest BCUT2D eigenvalue weighted by Gasteiger charge is -2.24. The van der Waals surface area contributed by atoms with Gasteiger partial charge in [-0.05, 0) is 37.6 Å². The van der Waals surface area contributed by atoms with Crippen LogP contribution in [0, 0.1) is 0 Å². The average Bonchev–Trinajstić information content (AvgIpc) is 2.63. The molecule has 0 unspecified atom stereocenters. The van der Waals surface area contributed by atoms with E-state index in [2.05, 4.69) is 26.3 Å². The van der Waals surface area contributed by atoms with Crippen LogP contribution in [0.3, 0.4) is 0 Å². The number of benzene rings is 1. The van der Waals surface area contributed by atoms with Crippen LogP contribution in [-0.4, -0.2) is 37.2 Å². The second-order valence-electron chi connectivity index (χ2n) is 6.16. The Balaban J connectivity index is 1.77. The molecule has 2 aromatic rings. The van der Waals surface area contributed by atoms with E-state index < -0.39 is 0 Å². The van der Waals surface area contributed by atoms with E-state index in [0.717, 1.165) is 35.9 Å². The van der Waals surface area contributed by atoms with E-state index in [0.29, 0.717) is 17.5 Å². The predicted octanol–water partition coefficient (Wildman–Crippen LogP) is 3.24. The Kier molecular flexibility index (Phi) is 5.53. The van der Waals surface area contributed by atoms with Crippen LogP contribution in [0.15, 0.2) is 30.6 Å². The third-order valence-electron chi connectivity index (χ3n) is 4.43. The van der Waals surface area contributed by atoms with Crippen LogP contribution in [0.5, 0.6) is 5.75 Å². The van der Waals surface area contributed by atoms with Gasteiger partial charge in [-0.25, -0.2) is 9.97 Å². The summed E-state index contributed by atoms with van der Waals surface area (Å²) in [7, 11) is 3.69. The number of nitrogens with one attached hydrogen (secondary N) is 1. The summed E-state index contributed by atoms with van der Waals surface area (Å²) in [4.78, 5) is 11.0. The van der Waals surface area contributed by atoms with Crippen LogP contribution < -0.4 is 15.0 Å². The Hall–Kier alpha value is -1.85. The lowest BCUT2D eigenvalue weighted by molar-refractivity contribution is 0.409. The van der Waals surface area contributed by atoms with Crippen molar-refractivity contribution in [2.24, 2.45) is 0 Å². The summed E-state index contributed by atoms with van der Waals surface area (Å²) in [5.74, 6) is 2.21. The monoisotopic (exact) mass is 346 g/mol. The quantitative estimate of drug-likeness (QED) is 0.900. The maximum Gasteiger partial charge on any atom is 0.132 e. The lowest BCUT2D eigenvalue weighted by atomic mass is 9.96. The van der Waals surface area contributed by atoms with Crippen LogP contribution in [0.4, 0.5) is 5.82 Å². The van der Waals surface area contributed by atoms with E-state index in [1.165, 1.54) is 12.8 Å². The number of hydrogen-bond donors (Lipinski definition) is 1. The molecule has 1 aromatic carbocycles. The third kappa shape index (κ3) is 3.97. The van der Waals surface area contributed by atoms with Crippen molar-refractivity contribution in [3.05, 3.63) is 46.9 Å². The second kappa shape index (κ2) is 7.81. The molecule has 0 aliphatic carbocycles. The average molecular weight is 347 g/mol. The topological polar surface area (TPSA) is 50.3 Å². The molecule has 2 heterocycles. The van der Waals surface area contributed by atoms with Crippen molar-refractivity contribution in [2.45, 2.75) is 25.3 Å². The number of halogens is 1. The normalized spacial score (nSPS) is 17.5. The second-order valence-corrected chi connectivity index (χ2v) is 6.59. The summed E-state index contributed by atoms with van der Waals surface area (Å²) in [6.45, 7) is 2.76. The molecule has 0 spiro atoms. The zero-order valence-electron chi connectivity index (χ0n) is 14.1. The highest BCUT2D eigenvalue weighted by Crippen LogP contribution is 2.27. The first kappa shape index (κ1) is 17.0. The molecule has 1 aliphatic rings. The molecule has 0 amide bonds. The van der Waals surface area contributed by atoms with E-state index in [4.69, 9.17) is 16.3 Å². The fourth-order valence-corrected chi connectivity index (χ4v) is 3.30. The first-order valence-electron chi connectivity index (χ1n) is 8.23. The molecule has 1 atom stereocenters. The number of ether oxygens (including phenoxy) is 1. The number of hydrogen-bond acceptors (Lipinski definition) is 5. The summed E-state index contributed by atoms with van der Waals surface area (Å²) in [6, 6.07) is 7.76. The highest BCUT2D eigenvalue weighted by atomic mass is 35.5. The lowest BCUT2D eigenvalue weighted by Crippen LogP contribution is -2.29. The molecule has 0 bridgehead atoms. The minimum atomic E-state index is 0.467. The maximum atomic E-state index is 6.12. The van der Waals surface area contributed by atoms with Crippen molar-refractivity contribution in [2.75, 3.05) is 32.1 Å². The SMILES string of the molecule is COc1ccc(Cl)cc1CN(C)c1cc([C@@H]2CCCNC2)ncn1. The van der Waals surface area contributed by atoms with Crippen molar-refractivity contribution in [1.29, 1.82) is 0 Å². The molecule has 6 heteroatoms. The van der Waals surface area contributed by atoms with E-state index in [1.807, 2.05) is 25.2 Å². The zero-order chi connectivity index (χ0) is 16.9. The van der Waals surface area contributed by atoms with Crippen molar-refractivity contribution in [3.8, 4) is 5.75 Å². The van der Waals surface area contributed by atoms with E-state index in [9.17, 15) is 0 Å². The van der Waals surface area contributed by atoms with Crippen molar-refractivity contribution < 1.29 is 4.74 Å². The molecular weight excluding hydrogens is 324 g/mol. The molecule has 3 rings (SSSR count). The number of rotatable bonds is 5. The van der Waals surface area contributed by atoms with Crippen molar-refractivity contribution in [1.82, 2.24) is 15.3 Å². The molecule has 0 saturated carbocycles. The smallest absolute Gasteiger partial charge is 0.132 e. The van der Waals surface area contributed by atoms with Gasteiger partial charge in [0.1, 0.15) is 17.9 Å². The standard InChI is InChI=1S/C18H23ClN4O/c1-23(11-14-8-15(19)5-6-17(14)24-2)18-9-16(21-12-22-18)13-4-3-7-20-10-13/h5-6,8-9,12-13,20H,3-4,7,10-11H2,1-2H3/t13-/m1/s1. The van der Waals surface area contributed by atoms with Crippen molar-refractivity contribution in [3.63, 3.8) is 0 Å². The van der Waals surface area contributed by atoms with Gasteiger partial charge in [0, 0.05) is 42.7 Å². The summed E-state index contributed by atoms with van der Waals surface area (Å²) in [5, 5.41) is 4.14. The molecule has 1 aliphatic heterocycles. The molecule has 24 heavy (non-hydrogen) atoms. The number of piperidine rings is 1. The van der Waals surface area contributed by atoms with Gasteiger partial charge in [0.2, 0.25) is 0 Å². The predicted molar refractivity (Wildman–Crippen MR) is 97.0 cm³/mol. The van der Waals surface area contributed by atoms with Gasteiger partial charge in [-0.15, -0.1) is 0 Å². The van der Waals surface area contributed by atoms with Gasteiger partial charge in [-0.3, -0.25) is 0 Å². The number of aromatic nitrogens is 2. The molecule has 1 N–H and O–H groups in total. The van der Waals surface area contributed by atoms with Crippen LogP contribution in [-0.2, 0) is 6.54 Å². The Morgan fingerprint density at radius 3 is 2.96 bits per heavy atom. The van der Waals surface area contributed by atoms with Crippen molar-refractivity contribution >= 4 is 17.4 Å². The van der Waals surface area contributed by atoms with E-state index in [1.54, 1.807) is 13.4 Å². The van der Waals surface area contributed by atoms with Gasteiger partial charge >= 0.3 is 0 Å². The summed E-state index contributed by atoms with van der Waals surface area (Å²) in [5.41, 5.74) is 2.14. The Labute approximate surface area is 148 Å². The Bertz CT molecular complexity index is 688. The zero-order valence-corrected chi connectivity index (χ0v) is 14.9. The summed E-state index contributed by atoms with van der Waals surface area (Å²) in [6.07, 6.45) is 4.03. The number of methoxy groups -OCH3 is 1. The molecule has 128 valence electrons. The van der Waals surface area contributed by atoms with E-state index in [-0.39, 0.29) is 0 Å². The Morgan fingerprint density at radius 1 is 1.33 bits per heavy atom. The van der Waals surface area contributed by atoms with Gasteiger partial charge in [-0.1, -0.05) is 11.6 Å². The van der Waals surface area contributed by atoms with Crippen LogP contribution in [0.25, 0.3) is 0 Å². The fourth-order valence-electron chi connectivity index (χ4n) is 3.11. The summed E-state index contributed by atoms with van der Waals surface area (Å²) >= 11 is 6.12. The van der Waals surface area contributed by atoms with Gasteiger partial charge in [0.15, 0.2) is 0 Å². The fraction of sp³-hybridized carbons (Fsp3) is 0.444. The van der Waals surface area contributed by atoms with Gasteiger partial charge in [0.25, 0.3) is 0 Å². The molecule has 1 saturated heterocycles. The van der Waals surface area contributed by atoms with E-state index >= 15 is 0 Å². The molecule has 0 radical (unpaired) electrons. The maximum absolute atomic E-state index is 6.12. The Morgan fingerprint density at radius 2 is 2.21 bits per heavy atom. The number of nitrogens with zero attached hydrogens (tertiary/aromatic N) is 3. The minimum Gasteiger partial charge on any atom is -0.496 e. The van der Waals surface area contributed by atoms with Gasteiger partial charge in [-0.2, -0.15) is 0 Å². The third-order valence-corrected chi connectivity index (χ3v) is 4.67. The van der Waals surface area contributed by atoms with Crippen LogP contribution >= 0.6 is 11.6 Å². The number of anilines is 1. The minimum absolute atomic E-state index is 0.467. The highest BCUT2D eigenvalue weighted by Gasteiger charge is 2.18.